The SMILES string of the molecule is CCCc1ccccc1OC(P)CC. The van der Waals surface area contributed by atoms with Crippen LogP contribution in [0.2, 0.25) is 0 Å². The van der Waals surface area contributed by atoms with E-state index in [1.165, 1.54) is 5.56 Å². The van der Waals surface area contributed by atoms with Crippen LogP contribution in [0.4, 0.5) is 0 Å². The minimum atomic E-state index is 0.230. The number of benzene rings is 1. The molecular formula is C12H19OP. The maximum absolute atomic E-state index is 5.81. The molecule has 0 bridgehead atoms. The van der Waals surface area contributed by atoms with Gasteiger partial charge >= 0.3 is 0 Å². The molecule has 78 valence electrons. The highest BCUT2D eigenvalue weighted by Gasteiger charge is 2.05. The molecule has 1 aromatic carbocycles. The summed E-state index contributed by atoms with van der Waals surface area (Å²) in [5, 5.41) is 0. The highest BCUT2D eigenvalue weighted by Crippen LogP contribution is 2.23. The maximum Gasteiger partial charge on any atom is 0.123 e. The van der Waals surface area contributed by atoms with Gasteiger partial charge in [-0.15, -0.1) is 0 Å². The number of hydrogen-bond donors (Lipinski definition) is 0. The van der Waals surface area contributed by atoms with Crippen molar-refractivity contribution in [3.05, 3.63) is 29.8 Å². The second-order valence-electron chi connectivity index (χ2n) is 3.42. The van der Waals surface area contributed by atoms with Crippen LogP contribution in [0.15, 0.2) is 24.3 Å². The lowest BCUT2D eigenvalue weighted by molar-refractivity contribution is 0.280. The van der Waals surface area contributed by atoms with Crippen LogP contribution >= 0.6 is 9.24 Å². The van der Waals surface area contributed by atoms with Crippen LogP contribution in [0.1, 0.15) is 32.3 Å². The summed E-state index contributed by atoms with van der Waals surface area (Å²) in [4.78, 5) is 0. The molecule has 1 nitrogen and oxygen atoms in total. The van der Waals surface area contributed by atoms with Crippen LogP contribution < -0.4 is 4.74 Å². The van der Waals surface area contributed by atoms with Crippen LogP contribution in [0.5, 0.6) is 5.75 Å². The molecule has 0 aliphatic carbocycles. The van der Waals surface area contributed by atoms with Crippen molar-refractivity contribution in [2.75, 3.05) is 0 Å². The molecule has 2 atom stereocenters. The van der Waals surface area contributed by atoms with Crippen LogP contribution in [0, 0.1) is 0 Å². The Morgan fingerprint density at radius 1 is 1.29 bits per heavy atom. The van der Waals surface area contributed by atoms with Crippen molar-refractivity contribution in [3.63, 3.8) is 0 Å². The summed E-state index contributed by atoms with van der Waals surface area (Å²) in [5.41, 5.74) is 1.32. The Morgan fingerprint density at radius 3 is 2.64 bits per heavy atom. The molecule has 0 aromatic heterocycles. The Kier molecular flexibility index (Phi) is 4.97. The van der Waals surface area contributed by atoms with Gasteiger partial charge < -0.3 is 4.74 Å². The Hall–Kier alpha value is -0.550. The fourth-order valence-corrected chi connectivity index (χ4v) is 1.49. The van der Waals surface area contributed by atoms with Gasteiger partial charge in [0.25, 0.3) is 0 Å². The van der Waals surface area contributed by atoms with Gasteiger partial charge in [-0.05, 0) is 24.5 Å². The summed E-state index contributed by atoms with van der Waals surface area (Å²) >= 11 is 0. The van der Waals surface area contributed by atoms with Crippen molar-refractivity contribution in [3.8, 4) is 5.75 Å². The molecule has 1 aromatic rings. The Balaban J connectivity index is 2.73. The third-order valence-electron chi connectivity index (χ3n) is 2.17. The van der Waals surface area contributed by atoms with E-state index in [1.807, 2.05) is 6.07 Å². The number of para-hydroxylation sites is 1. The van der Waals surface area contributed by atoms with Crippen LogP contribution in [-0.2, 0) is 6.42 Å². The van der Waals surface area contributed by atoms with Crippen molar-refractivity contribution in [1.82, 2.24) is 0 Å². The second kappa shape index (κ2) is 6.03. The summed E-state index contributed by atoms with van der Waals surface area (Å²) in [7, 11) is 2.72. The van der Waals surface area contributed by atoms with Crippen molar-refractivity contribution in [1.29, 1.82) is 0 Å². The summed E-state index contributed by atoms with van der Waals surface area (Å²) in [6.45, 7) is 4.31. The van der Waals surface area contributed by atoms with E-state index < -0.39 is 0 Å². The third kappa shape index (κ3) is 3.31. The summed E-state index contributed by atoms with van der Waals surface area (Å²) in [5.74, 6) is 1.27. The van der Waals surface area contributed by atoms with Crippen molar-refractivity contribution in [2.24, 2.45) is 0 Å². The minimum Gasteiger partial charge on any atom is -0.486 e. The van der Waals surface area contributed by atoms with Gasteiger partial charge in [-0.1, -0.05) is 47.7 Å². The molecule has 0 spiro atoms. The van der Waals surface area contributed by atoms with E-state index >= 15 is 0 Å². The van der Waals surface area contributed by atoms with Crippen molar-refractivity contribution >= 4 is 9.24 Å². The topological polar surface area (TPSA) is 9.23 Å². The molecule has 1 rings (SSSR count). The van der Waals surface area contributed by atoms with Gasteiger partial charge in [-0.3, -0.25) is 0 Å². The van der Waals surface area contributed by atoms with Gasteiger partial charge in [0, 0.05) is 0 Å². The zero-order valence-electron chi connectivity index (χ0n) is 8.99. The van der Waals surface area contributed by atoms with E-state index in [0.29, 0.717) is 0 Å². The molecule has 0 N–H and O–H groups in total. The molecule has 0 radical (unpaired) electrons. The molecular weight excluding hydrogens is 191 g/mol. The van der Waals surface area contributed by atoms with Crippen LogP contribution in [-0.4, -0.2) is 5.85 Å². The van der Waals surface area contributed by atoms with Crippen LogP contribution in [0.25, 0.3) is 0 Å². The predicted molar refractivity (Wildman–Crippen MR) is 64.9 cm³/mol. The van der Waals surface area contributed by atoms with E-state index in [1.54, 1.807) is 0 Å². The molecule has 0 heterocycles. The first-order chi connectivity index (χ1) is 6.77. The molecule has 0 saturated carbocycles. The Labute approximate surface area is 89.1 Å². The van der Waals surface area contributed by atoms with Crippen LogP contribution in [0.3, 0.4) is 0 Å². The van der Waals surface area contributed by atoms with E-state index in [-0.39, 0.29) is 5.85 Å². The van der Waals surface area contributed by atoms with Gasteiger partial charge in [-0.25, -0.2) is 0 Å². The average Bonchev–Trinajstić information content (AvgIpc) is 2.21. The summed E-state index contributed by atoms with van der Waals surface area (Å²) in [6, 6.07) is 8.30. The zero-order chi connectivity index (χ0) is 10.4. The molecule has 14 heavy (non-hydrogen) atoms. The molecule has 2 unspecified atom stereocenters. The van der Waals surface area contributed by atoms with Gasteiger partial charge in [0.1, 0.15) is 11.6 Å². The smallest absolute Gasteiger partial charge is 0.123 e. The Morgan fingerprint density at radius 2 is 2.00 bits per heavy atom. The molecule has 0 fully saturated rings. The third-order valence-corrected chi connectivity index (χ3v) is 2.78. The Bertz CT molecular complexity index is 273. The van der Waals surface area contributed by atoms with Gasteiger partial charge in [-0.2, -0.15) is 0 Å². The minimum absolute atomic E-state index is 0.230. The number of rotatable bonds is 5. The largest absolute Gasteiger partial charge is 0.486 e. The second-order valence-corrected chi connectivity index (χ2v) is 4.17. The van der Waals surface area contributed by atoms with E-state index in [4.69, 9.17) is 4.74 Å². The predicted octanol–water partition coefficient (Wildman–Crippen LogP) is 3.63. The molecule has 0 saturated heterocycles. The van der Waals surface area contributed by atoms with Gasteiger partial charge in [0.15, 0.2) is 0 Å². The maximum atomic E-state index is 5.81. The molecule has 0 aliphatic rings. The number of aryl methyl sites for hydroxylation is 1. The quantitative estimate of drug-likeness (QED) is 0.674. The van der Waals surface area contributed by atoms with E-state index in [9.17, 15) is 0 Å². The number of ether oxygens (including phenoxy) is 1. The first-order valence-corrected chi connectivity index (χ1v) is 5.94. The monoisotopic (exact) mass is 210 g/mol. The number of hydrogen-bond acceptors (Lipinski definition) is 1. The average molecular weight is 210 g/mol. The van der Waals surface area contributed by atoms with Crippen molar-refractivity contribution in [2.45, 2.75) is 39.0 Å². The first kappa shape index (κ1) is 11.5. The highest BCUT2D eigenvalue weighted by molar-refractivity contribution is 7.17. The lowest BCUT2D eigenvalue weighted by Crippen LogP contribution is -2.07. The molecule has 2 heteroatoms. The fraction of sp³-hybridized carbons (Fsp3) is 0.500. The van der Waals surface area contributed by atoms with Gasteiger partial charge in [0.05, 0.1) is 0 Å². The zero-order valence-corrected chi connectivity index (χ0v) is 10.1. The first-order valence-electron chi connectivity index (χ1n) is 5.28. The summed E-state index contributed by atoms with van der Waals surface area (Å²) < 4.78 is 5.81. The van der Waals surface area contributed by atoms with Crippen molar-refractivity contribution < 1.29 is 4.74 Å². The lowest BCUT2D eigenvalue weighted by Gasteiger charge is -2.15. The van der Waals surface area contributed by atoms with E-state index in [0.717, 1.165) is 25.0 Å². The van der Waals surface area contributed by atoms with E-state index in [2.05, 4.69) is 41.3 Å². The molecule has 0 amide bonds. The highest BCUT2D eigenvalue weighted by atomic mass is 31.0. The molecule has 0 aliphatic heterocycles. The normalized spacial score (nSPS) is 12.5. The van der Waals surface area contributed by atoms with Gasteiger partial charge in [0.2, 0.25) is 0 Å². The lowest BCUT2D eigenvalue weighted by atomic mass is 10.1. The standard InChI is InChI=1S/C12H19OP/c1-3-7-10-8-5-6-9-11(10)13-12(14)4-2/h5-6,8-9,12H,3-4,7,14H2,1-2H3. The fourth-order valence-electron chi connectivity index (χ4n) is 1.34. The summed E-state index contributed by atoms with van der Waals surface area (Å²) in [6.07, 6.45) is 3.27.